The molecule has 0 bridgehead atoms. The van der Waals surface area contributed by atoms with Gasteiger partial charge in [-0.25, -0.2) is 4.39 Å². The molecule has 1 heterocycles. The summed E-state index contributed by atoms with van der Waals surface area (Å²) < 4.78 is 13.1. The number of piperazine rings is 1. The Kier molecular flexibility index (Phi) is 6.86. The lowest BCUT2D eigenvalue weighted by Gasteiger charge is -2.35. The van der Waals surface area contributed by atoms with Crippen molar-refractivity contribution in [2.24, 2.45) is 0 Å². The summed E-state index contributed by atoms with van der Waals surface area (Å²) in [6, 6.07) is 21.3. The summed E-state index contributed by atoms with van der Waals surface area (Å²) >= 11 is 0. The van der Waals surface area contributed by atoms with Crippen molar-refractivity contribution in [2.75, 3.05) is 42.9 Å². The van der Waals surface area contributed by atoms with Crippen molar-refractivity contribution >= 4 is 17.3 Å². The number of nitrogens with zero attached hydrogens (tertiary/aromatic N) is 2. The molecule has 3 aromatic rings. The summed E-state index contributed by atoms with van der Waals surface area (Å²) in [5, 5.41) is 3.08. The van der Waals surface area contributed by atoms with Crippen LogP contribution >= 0.6 is 0 Å². The van der Waals surface area contributed by atoms with Crippen molar-refractivity contribution in [3.05, 3.63) is 94.8 Å². The van der Waals surface area contributed by atoms with E-state index >= 15 is 0 Å². The van der Waals surface area contributed by atoms with Crippen LogP contribution in [0.4, 0.5) is 15.8 Å². The second-order valence-electron chi connectivity index (χ2n) is 8.55. The lowest BCUT2D eigenvalue weighted by atomic mass is 10.0. The molecule has 4 rings (SSSR count). The molecule has 3 aromatic carbocycles. The largest absolute Gasteiger partial charge is 0.369 e. The smallest absolute Gasteiger partial charge is 0.238 e. The van der Waals surface area contributed by atoms with Gasteiger partial charge in [0.15, 0.2) is 0 Å². The van der Waals surface area contributed by atoms with Gasteiger partial charge in [0, 0.05) is 37.6 Å². The number of amides is 1. The predicted molar refractivity (Wildman–Crippen MR) is 129 cm³/mol. The third-order valence-corrected chi connectivity index (χ3v) is 6.11. The number of benzene rings is 3. The highest BCUT2D eigenvalue weighted by Crippen LogP contribution is 2.21. The van der Waals surface area contributed by atoms with Crippen LogP contribution in [-0.4, -0.2) is 43.5 Å². The van der Waals surface area contributed by atoms with Crippen molar-refractivity contribution in [3.63, 3.8) is 0 Å². The van der Waals surface area contributed by atoms with Gasteiger partial charge in [0.1, 0.15) is 5.82 Å². The number of hydrogen-bond donors (Lipinski definition) is 1. The highest BCUT2D eigenvalue weighted by atomic mass is 19.1. The summed E-state index contributed by atoms with van der Waals surface area (Å²) in [4.78, 5) is 17.1. The van der Waals surface area contributed by atoms with Crippen LogP contribution < -0.4 is 10.2 Å². The minimum Gasteiger partial charge on any atom is -0.369 e. The van der Waals surface area contributed by atoms with E-state index in [9.17, 15) is 9.18 Å². The summed E-state index contributed by atoms with van der Waals surface area (Å²) in [6.45, 7) is 7.97. The van der Waals surface area contributed by atoms with Gasteiger partial charge in [-0.15, -0.1) is 0 Å². The number of nitrogens with one attached hydrogen (secondary N) is 1. The molecule has 0 aromatic heterocycles. The van der Waals surface area contributed by atoms with Crippen molar-refractivity contribution in [2.45, 2.75) is 20.3 Å². The molecule has 166 valence electrons. The third-order valence-electron chi connectivity index (χ3n) is 6.11. The summed E-state index contributed by atoms with van der Waals surface area (Å²) in [5.74, 6) is -0.160. The standard InChI is InChI=1S/C27H30FN3O/c1-20-4-3-5-21(2)27(20)29-26(32)19-30-14-16-31(17-15-30)25-12-8-23(9-13-25)18-22-6-10-24(28)11-7-22/h3-13H,14-19H2,1-2H3,(H,29,32). The molecule has 1 amide bonds. The fraction of sp³-hybridized carbons (Fsp3) is 0.296. The van der Waals surface area contributed by atoms with Crippen molar-refractivity contribution in [3.8, 4) is 0 Å². The topological polar surface area (TPSA) is 35.6 Å². The van der Waals surface area contributed by atoms with Crippen LogP contribution in [0.25, 0.3) is 0 Å². The van der Waals surface area contributed by atoms with Crippen molar-refractivity contribution in [1.29, 1.82) is 0 Å². The first kappa shape index (κ1) is 22.0. The molecule has 1 aliphatic heterocycles. The maximum Gasteiger partial charge on any atom is 0.238 e. The van der Waals surface area contributed by atoms with Crippen LogP contribution in [-0.2, 0) is 11.2 Å². The molecule has 1 N–H and O–H groups in total. The Morgan fingerprint density at radius 2 is 1.41 bits per heavy atom. The third kappa shape index (κ3) is 5.54. The van der Waals surface area contributed by atoms with E-state index in [0.29, 0.717) is 6.54 Å². The number of carbonyl (C=O) groups excluding carboxylic acids is 1. The molecule has 0 atom stereocenters. The molecule has 1 aliphatic rings. The Hall–Kier alpha value is -3.18. The number of rotatable bonds is 6. The first-order valence-corrected chi connectivity index (χ1v) is 11.1. The summed E-state index contributed by atoms with van der Waals surface area (Å²) in [5.41, 5.74) is 6.62. The van der Waals surface area contributed by atoms with Gasteiger partial charge in [-0.1, -0.05) is 42.5 Å². The zero-order valence-electron chi connectivity index (χ0n) is 18.8. The highest BCUT2D eigenvalue weighted by molar-refractivity contribution is 5.93. The zero-order chi connectivity index (χ0) is 22.5. The average Bonchev–Trinajstić information content (AvgIpc) is 2.79. The quantitative estimate of drug-likeness (QED) is 0.609. The van der Waals surface area contributed by atoms with Crippen molar-refractivity contribution in [1.82, 2.24) is 4.90 Å². The maximum absolute atomic E-state index is 13.1. The molecule has 0 spiro atoms. The maximum atomic E-state index is 13.1. The van der Waals surface area contributed by atoms with Crippen LogP contribution in [0, 0.1) is 19.7 Å². The Bertz CT molecular complexity index is 1040. The van der Waals surface area contributed by atoms with Crippen LogP contribution in [0.15, 0.2) is 66.7 Å². The van der Waals surface area contributed by atoms with Crippen molar-refractivity contribution < 1.29 is 9.18 Å². The van der Waals surface area contributed by atoms with E-state index in [4.69, 9.17) is 0 Å². The minimum absolute atomic E-state index is 0.0426. The fourth-order valence-electron chi connectivity index (χ4n) is 4.22. The van der Waals surface area contributed by atoms with E-state index in [1.165, 1.54) is 23.4 Å². The van der Waals surface area contributed by atoms with Gasteiger partial charge in [0.05, 0.1) is 6.54 Å². The summed E-state index contributed by atoms with van der Waals surface area (Å²) in [6.07, 6.45) is 0.795. The lowest BCUT2D eigenvalue weighted by molar-refractivity contribution is -0.117. The number of hydrogen-bond acceptors (Lipinski definition) is 3. The van der Waals surface area contributed by atoms with Crippen LogP contribution in [0.2, 0.25) is 0 Å². The molecule has 4 nitrogen and oxygen atoms in total. The van der Waals surface area contributed by atoms with E-state index in [0.717, 1.165) is 55.0 Å². The molecule has 32 heavy (non-hydrogen) atoms. The molecule has 1 fully saturated rings. The van der Waals surface area contributed by atoms with Gasteiger partial charge in [-0.05, 0) is 66.8 Å². The predicted octanol–water partition coefficient (Wildman–Crippen LogP) is 4.79. The van der Waals surface area contributed by atoms with Gasteiger partial charge < -0.3 is 10.2 Å². The zero-order valence-corrected chi connectivity index (χ0v) is 18.8. The number of anilines is 2. The number of halogens is 1. The molecular weight excluding hydrogens is 401 g/mol. The lowest BCUT2D eigenvalue weighted by Crippen LogP contribution is -2.48. The van der Waals surface area contributed by atoms with Gasteiger partial charge in [-0.3, -0.25) is 9.69 Å². The Morgan fingerprint density at radius 1 is 0.844 bits per heavy atom. The first-order chi connectivity index (χ1) is 15.5. The number of aryl methyl sites for hydroxylation is 2. The van der Waals surface area contributed by atoms with E-state index in [1.807, 2.05) is 44.2 Å². The summed E-state index contributed by atoms with van der Waals surface area (Å²) in [7, 11) is 0. The Morgan fingerprint density at radius 3 is 2.00 bits per heavy atom. The molecule has 5 heteroatoms. The van der Waals surface area contributed by atoms with Crippen LogP contribution in [0.1, 0.15) is 22.3 Å². The molecule has 1 saturated heterocycles. The van der Waals surface area contributed by atoms with Gasteiger partial charge in [0.25, 0.3) is 0 Å². The van der Waals surface area contributed by atoms with Gasteiger partial charge in [0.2, 0.25) is 5.91 Å². The van der Waals surface area contributed by atoms with Crippen LogP contribution in [0.3, 0.4) is 0 Å². The van der Waals surface area contributed by atoms with E-state index in [1.54, 1.807) is 0 Å². The number of para-hydroxylation sites is 1. The van der Waals surface area contributed by atoms with E-state index in [2.05, 4.69) is 39.4 Å². The SMILES string of the molecule is Cc1cccc(C)c1NC(=O)CN1CCN(c2ccc(Cc3ccc(F)cc3)cc2)CC1. The second-order valence-corrected chi connectivity index (χ2v) is 8.55. The molecule has 0 aliphatic carbocycles. The van der Waals surface area contributed by atoms with Crippen LogP contribution in [0.5, 0.6) is 0 Å². The Labute approximate surface area is 189 Å². The number of carbonyl (C=O) groups is 1. The van der Waals surface area contributed by atoms with E-state index in [-0.39, 0.29) is 11.7 Å². The fourth-order valence-corrected chi connectivity index (χ4v) is 4.22. The van der Waals surface area contributed by atoms with E-state index < -0.39 is 0 Å². The second kappa shape index (κ2) is 9.96. The highest BCUT2D eigenvalue weighted by Gasteiger charge is 2.20. The minimum atomic E-state index is -0.203. The van der Waals surface area contributed by atoms with Gasteiger partial charge in [-0.2, -0.15) is 0 Å². The molecule has 0 saturated carbocycles. The Balaban J connectivity index is 1.27. The monoisotopic (exact) mass is 431 g/mol. The molecule has 0 unspecified atom stereocenters. The normalized spacial score (nSPS) is 14.4. The average molecular weight is 432 g/mol. The van der Waals surface area contributed by atoms with Gasteiger partial charge >= 0.3 is 0 Å². The molecule has 0 radical (unpaired) electrons. The molecular formula is C27H30FN3O. The first-order valence-electron chi connectivity index (χ1n) is 11.1.